The minimum atomic E-state index is -0.241. The molecule has 6 rings (SSSR count). The molecule has 8 nitrogen and oxygen atoms in total. The number of nitrogens with one attached hydrogen (secondary N) is 3. The van der Waals surface area contributed by atoms with Gasteiger partial charge in [-0.1, -0.05) is 19.3 Å². The van der Waals surface area contributed by atoms with Crippen molar-refractivity contribution in [2.24, 2.45) is 5.92 Å². The van der Waals surface area contributed by atoms with E-state index in [1.165, 1.54) is 19.3 Å². The van der Waals surface area contributed by atoms with Crippen LogP contribution in [0.2, 0.25) is 0 Å². The summed E-state index contributed by atoms with van der Waals surface area (Å²) in [7, 11) is 0. The number of pyridine rings is 1. The van der Waals surface area contributed by atoms with Crippen molar-refractivity contribution in [1.29, 1.82) is 0 Å². The van der Waals surface area contributed by atoms with Crippen molar-refractivity contribution in [3.8, 4) is 17.2 Å². The average molecular weight is 449 g/mol. The van der Waals surface area contributed by atoms with Crippen molar-refractivity contribution in [1.82, 2.24) is 15.6 Å². The maximum Gasteiger partial charge on any atom is 0.315 e. The number of urea groups is 1. The van der Waals surface area contributed by atoms with Gasteiger partial charge in [-0.25, -0.2) is 9.78 Å². The van der Waals surface area contributed by atoms with Gasteiger partial charge >= 0.3 is 6.03 Å². The number of aromatic nitrogens is 1. The molecule has 1 aliphatic heterocycles. The fraction of sp³-hybridized carbons (Fsp3) is 0.480. The number of carbonyl (C=O) groups excluding carboxylic acids is 2. The predicted octanol–water partition coefficient (Wildman–Crippen LogP) is 3.95. The number of phenolic OH excluding ortho intramolecular Hbond substituents is 1. The largest absolute Gasteiger partial charge is 0.508 e. The lowest BCUT2D eigenvalue weighted by molar-refractivity contribution is -0.116. The number of ether oxygens (including phenoxy) is 1. The van der Waals surface area contributed by atoms with Crippen LogP contribution in [0.4, 0.5) is 10.6 Å². The Bertz CT molecular complexity index is 1130. The fourth-order valence-corrected chi connectivity index (χ4v) is 5.63. The van der Waals surface area contributed by atoms with Crippen LogP contribution in [-0.4, -0.2) is 33.6 Å². The molecule has 0 spiro atoms. The first kappa shape index (κ1) is 20.3. The molecule has 2 aromatic rings. The average Bonchev–Trinajstić information content (AvgIpc) is 3.66. The second-order valence-corrected chi connectivity index (χ2v) is 9.77. The lowest BCUT2D eigenvalue weighted by Crippen LogP contribution is -2.46. The van der Waals surface area contributed by atoms with Gasteiger partial charge in [0.2, 0.25) is 5.91 Å². The number of benzene rings is 1. The zero-order valence-electron chi connectivity index (χ0n) is 18.4. The van der Waals surface area contributed by atoms with Gasteiger partial charge in [-0.05, 0) is 55.9 Å². The van der Waals surface area contributed by atoms with Crippen LogP contribution < -0.4 is 20.7 Å². The topological polar surface area (TPSA) is 113 Å². The van der Waals surface area contributed by atoms with Crippen LogP contribution in [0.3, 0.4) is 0 Å². The number of amides is 3. The number of nitrogens with zero attached hydrogens (tertiary/aromatic N) is 1. The van der Waals surface area contributed by atoms with E-state index in [0.29, 0.717) is 36.1 Å². The molecule has 1 aromatic heterocycles. The molecule has 4 aliphatic rings. The van der Waals surface area contributed by atoms with Crippen LogP contribution in [0.1, 0.15) is 62.0 Å². The fourth-order valence-electron chi connectivity index (χ4n) is 5.63. The Labute approximate surface area is 192 Å². The summed E-state index contributed by atoms with van der Waals surface area (Å²) < 4.78 is 6.15. The summed E-state index contributed by atoms with van der Waals surface area (Å²) in [6.07, 6.45) is 9.23. The molecule has 3 atom stereocenters. The number of rotatable bonds is 5. The standard InChI is InChI=1S/C25H28N4O4/c30-19-8-6-15(33-20-10-11-26-23-16(20)7-9-21(31)28-23)12-17(19)22-18-13-25(18,22)29-24(32)27-14-4-2-1-3-5-14/h6,8,10-12,14,18,22,30H,1-5,7,9,13H2,(H,26,28,31)(H2,27,29,32)/t18-,22+,25-/m0/s1. The van der Waals surface area contributed by atoms with E-state index in [-0.39, 0.29) is 35.2 Å². The molecule has 3 saturated carbocycles. The second-order valence-electron chi connectivity index (χ2n) is 9.77. The Morgan fingerprint density at radius 1 is 1.18 bits per heavy atom. The number of hydrogen-bond donors (Lipinski definition) is 4. The Kier molecular flexibility index (Phi) is 4.71. The van der Waals surface area contributed by atoms with Crippen molar-refractivity contribution < 1.29 is 19.4 Å². The van der Waals surface area contributed by atoms with Gasteiger partial charge in [0.25, 0.3) is 0 Å². The van der Waals surface area contributed by atoms with Gasteiger partial charge in [0, 0.05) is 35.7 Å². The molecule has 4 N–H and O–H groups in total. The van der Waals surface area contributed by atoms with Gasteiger partial charge in [-0.15, -0.1) is 0 Å². The van der Waals surface area contributed by atoms with Gasteiger partial charge in [0.05, 0.1) is 5.54 Å². The van der Waals surface area contributed by atoms with Crippen molar-refractivity contribution in [3.05, 3.63) is 41.6 Å². The number of anilines is 1. The summed E-state index contributed by atoms with van der Waals surface area (Å²) in [5.74, 6) is 2.44. The molecule has 3 amide bonds. The number of hydrogen-bond acceptors (Lipinski definition) is 5. The monoisotopic (exact) mass is 448 g/mol. The van der Waals surface area contributed by atoms with Crippen LogP contribution in [0.5, 0.6) is 17.2 Å². The van der Waals surface area contributed by atoms with Crippen LogP contribution in [-0.2, 0) is 11.2 Å². The summed E-state index contributed by atoms with van der Waals surface area (Å²) in [6.45, 7) is 0. The van der Waals surface area contributed by atoms with Crippen LogP contribution >= 0.6 is 0 Å². The smallest absolute Gasteiger partial charge is 0.315 e. The van der Waals surface area contributed by atoms with Gasteiger partial charge in [0.15, 0.2) is 0 Å². The van der Waals surface area contributed by atoms with E-state index in [9.17, 15) is 14.7 Å². The van der Waals surface area contributed by atoms with E-state index in [4.69, 9.17) is 4.74 Å². The summed E-state index contributed by atoms with van der Waals surface area (Å²) in [5, 5.41) is 19.6. The minimum absolute atomic E-state index is 0.0441. The minimum Gasteiger partial charge on any atom is -0.508 e. The summed E-state index contributed by atoms with van der Waals surface area (Å²) in [4.78, 5) is 28.5. The SMILES string of the molecule is O=C1CCc2c(Oc3ccc(O)c([C@@H]4[C@@H]5C[C@@]45NC(=O)NC4CCCCC4)c3)ccnc2N1. The number of carbonyl (C=O) groups is 2. The van der Waals surface area contributed by atoms with E-state index in [2.05, 4.69) is 20.9 Å². The van der Waals surface area contributed by atoms with Gasteiger partial charge in [-0.3, -0.25) is 4.79 Å². The molecule has 3 aliphatic carbocycles. The summed E-state index contributed by atoms with van der Waals surface area (Å²) >= 11 is 0. The third-order valence-electron chi connectivity index (χ3n) is 7.63. The maximum absolute atomic E-state index is 12.6. The van der Waals surface area contributed by atoms with Gasteiger partial charge in [0.1, 0.15) is 23.1 Å². The van der Waals surface area contributed by atoms with Crippen molar-refractivity contribution in [2.75, 3.05) is 5.32 Å². The van der Waals surface area contributed by atoms with E-state index in [0.717, 1.165) is 30.4 Å². The number of aromatic hydroxyl groups is 1. The van der Waals surface area contributed by atoms with E-state index >= 15 is 0 Å². The maximum atomic E-state index is 12.6. The lowest BCUT2D eigenvalue weighted by atomic mass is 9.96. The zero-order chi connectivity index (χ0) is 22.6. The predicted molar refractivity (Wildman–Crippen MR) is 121 cm³/mol. The van der Waals surface area contributed by atoms with Gasteiger partial charge < -0.3 is 25.8 Å². The molecule has 3 fully saturated rings. The quantitative estimate of drug-likeness (QED) is 0.553. The lowest BCUT2D eigenvalue weighted by Gasteiger charge is -2.24. The molecule has 8 heteroatoms. The molecule has 172 valence electrons. The third-order valence-corrected chi connectivity index (χ3v) is 7.63. The number of phenols is 1. The first-order valence-corrected chi connectivity index (χ1v) is 11.9. The molecular weight excluding hydrogens is 420 g/mol. The third kappa shape index (κ3) is 3.67. The number of fused-ring (bicyclic) bond motifs is 2. The van der Waals surface area contributed by atoms with Crippen molar-refractivity contribution in [2.45, 2.75) is 68.9 Å². The molecule has 0 unspecified atom stereocenters. The first-order valence-electron chi connectivity index (χ1n) is 11.9. The highest BCUT2D eigenvalue weighted by Crippen LogP contribution is 2.77. The molecule has 0 bridgehead atoms. The summed E-state index contributed by atoms with van der Waals surface area (Å²) in [6, 6.07) is 7.21. The Morgan fingerprint density at radius 3 is 2.85 bits per heavy atom. The van der Waals surface area contributed by atoms with Crippen LogP contribution in [0.25, 0.3) is 0 Å². The Balaban J connectivity index is 1.15. The van der Waals surface area contributed by atoms with E-state index in [1.54, 1.807) is 24.4 Å². The highest BCUT2D eigenvalue weighted by Gasteiger charge is 2.80. The van der Waals surface area contributed by atoms with Gasteiger partial charge in [-0.2, -0.15) is 0 Å². The van der Waals surface area contributed by atoms with Crippen molar-refractivity contribution in [3.63, 3.8) is 0 Å². The van der Waals surface area contributed by atoms with Crippen LogP contribution in [0.15, 0.2) is 30.5 Å². The molecular formula is C25H28N4O4. The zero-order valence-corrected chi connectivity index (χ0v) is 18.4. The normalized spacial score (nSPS) is 27.6. The molecule has 0 saturated heterocycles. The molecule has 33 heavy (non-hydrogen) atoms. The Hall–Kier alpha value is -3.29. The first-order chi connectivity index (χ1) is 16.0. The van der Waals surface area contributed by atoms with Crippen molar-refractivity contribution >= 4 is 17.8 Å². The molecule has 2 heterocycles. The highest BCUT2D eigenvalue weighted by atomic mass is 16.5. The van der Waals surface area contributed by atoms with Crippen LogP contribution in [0, 0.1) is 5.92 Å². The van der Waals surface area contributed by atoms with E-state index in [1.807, 2.05) is 6.07 Å². The second kappa shape index (κ2) is 7.64. The van der Waals surface area contributed by atoms with E-state index < -0.39 is 0 Å². The molecule has 0 radical (unpaired) electrons. The highest BCUT2D eigenvalue weighted by molar-refractivity contribution is 5.93. The Morgan fingerprint density at radius 2 is 2.03 bits per heavy atom. The molecule has 1 aromatic carbocycles. The summed E-state index contributed by atoms with van der Waals surface area (Å²) in [5.41, 5.74) is 1.44.